The van der Waals surface area contributed by atoms with Crippen molar-refractivity contribution in [1.82, 2.24) is 15.3 Å². The standard InChI is InChI=1S/C12H15N3O2/c1-17-10-4-2-3-9(12(10)16)7-13-8-11-14-5-6-15-11/h2-6,13,16H,7-8H2,1H3,(H,14,15). The van der Waals surface area contributed by atoms with Gasteiger partial charge >= 0.3 is 0 Å². The molecule has 0 bridgehead atoms. The maximum Gasteiger partial charge on any atom is 0.162 e. The Balaban J connectivity index is 1.95. The number of hydrogen-bond donors (Lipinski definition) is 3. The normalized spacial score (nSPS) is 10.4. The molecule has 1 aromatic carbocycles. The van der Waals surface area contributed by atoms with Crippen LogP contribution in [0.3, 0.4) is 0 Å². The van der Waals surface area contributed by atoms with Gasteiger partial charge in [-0.25, -0.2) is 4.98 Å². The van der Waals surface area contributed by atoms with Crippen LogP contribution in [0, 0.1) is 0 Å². The van der Waals surface area contributed by atoms with Gasteiger partial charge in [-0.1, -0.05) is 12.1 Å². The molecule has 0 atom stereocenters. The van der Waals surface area contributed by atoms with E-state index in [0.717, 1.165) is 11.4 Å². The van der Waals surface area contributed by atoms with E-state index >= 15 is 0 Å². The lowest BCUT2D eigenvalue weighted by atomic mass is 10.2. The Kier molecular flexibility index (Phi) is 3.62. The summed E-state index contributed by atoms with van der Waals surface area (Å²) in [5, 5.41) is 13.0. The number of phenolic OH excluding ortho intramolecular Hbond substituents is 1. The van der Waals surface area contributed by atoms with Crippen molar-refractivity contribution in [3.8, 4) is 11.5 Å². The van der Waals surface area contributed by atoms with Crippen LogP contribution in [0.5, 0.6) is 11.5 Å². The SMILES string of the molecule is COc1cccc(CNCc2ncc[nH]2)c1O. The second kappa shape index (κ2) is 5.36. The highest BCUT2D eigenvalue weighted by Gasteiger charge is 2.06. The minimum absolute atomic E-state index is 0.182. The Hall–Kier alpha value is -2.01. The summed E-state index contributed by atoms with van der Waals surface area (Å²) in [4.78, 5) is 7.10. The number of rotatable bonds is 5. The Labute approximate surface area is 99.5 Å². The minimum Gasteiger partial charge on any atom is -0.504 e. The molecular weight excluding hydrogens is 218 g/mol. The van der Waals surface area contributed by atoms with Gasteiger partial charge in [0, 0.05) is 24.5 Å². The van der Waals surface area contributed by atoms with Crippen LogP contribution >= 0.6 is 0 Å². The number of aromatic nitrogens is 2. The predicted molar refractivity (Wildman–Crippen MR) is 63.8 cm³/mol. The molecule has 0 saturated heterocycles. The summed E-state index contributed by atoms with van der Waals surface area (Å²) in [6.07, 6.45) is 3.49. The highest BCUT2D eigenvalue weighted by Crippen LogP contribution is 2.29. The number of imidazole rings is 1. The van der Waals surface area contributed by atoms with Crippen molar-refractivity contribution >= 4 is 0 Å². The van der Waals surface area contributed by atoms with Gasteiger partial charge in [0.2, 0.25) is 0 Å². The zero-order chi connectivity index (χ0) is 12.1. The molecule has 2 rings (SSSR count). The Morgan fingerprint density at radius 2 is 2.29 bits per heavy atom. The van der Waals surface area contributed by atoms with Crippen molar-refractivity contribution in [2.24, 2.45) is 0 Å². The lowest BCUT2D eigenvalue weighted by molar-refractivity contribution is 0.369. The first kappa shape index (κ1) is 11.5. The van der Waals surface area contributed by atoms with E-state index in [-0.39, 0.29) is 5.75 Å². The highest BCUT2D eigenvalue weighted by molar-refractivity contribution is 5.45. The molecule has 0 aliphatic rings. The van der Waals surface area contributed by atoms with E-state index in [2.05, 4.69) is 15.3 Å². The number of ether oxygens (including phenoxy) is 1. The molecule has 0 aliphatic heterocycles. The molecule has 0 radical (unpaired) electrons. The summed E-state index contributed by atoms with van der Waals surface area (Å²) < 4.78 is 5.04. The molecule has 5 nitrogen and oxygen atoms in total. The number of aromatic amines is 1. The summed E-state index contributed by atoms with van der Waals surface area (Å²) in [6.45, 7) is 1.19. The smallest absolute Gasteiger partial charge is 0.162 e. The fourth-order valence-electron chi connectivity index (χ4n) is 1.59. The molecule has 1 aromatic heterocycles. The molecule has 0 spiro atoms. The largest absolute Gasteiger partial charge is 0.504 e. The van der Waals surface area contributed by atoms with E-state index in [4.69, 9.17) is 4.74 Å². The topological polar surface area (TPSA) is 70.2 Å². The molecule has 90 valence electrons. The molecule has 0 aliphatic carbocycles. The fraction of sp³-hybridized carbons (Fsp3) is 0.250. The minimum atomic E-state index is 0.182. The van der Waals surface area contributed by atoms with Crippen molar-refractivity contribution in [2.45, 2.75) is 13.1 Å². The van der Waals surface area contributed by atoms with E-state index in [9.17, 15) is 5.11 Å². The number of methoxy groups -OCH3 is 1. The van der Waals surface area contributed by atoms with E-state index in [1.54, 1.807) is 18.5 Å². The van der Waals surface area contributed by atoms with Gasteiger partial charge in [0.15, 0.2) is 11.5 Å². The third kappa shape index (κ3) is 2.76. The average Bonchev–Trinajstić information content (AvgIpc) is 2.84. The quantitative estimate of drug-likeness (QED) is 0.730. The first-order chi connectivity index (χ1) is 8.31. The number of nitrogens with zero attached hydrogens (tertiary/aromatic N) is 1. The first-order valence-corrected chi connectivity index (χ1v) is 5.35. The third-order valence-corrected chi connectivity index (χ3v) is 2.47. The molecule has 0 unspecified atom stereocenters. The van der Waals surface area contributed by atoms with E-state index in [1.807, 2.05) is 12.1 Å². The van der Waals surface area contributed by atoms with Crippen molar-refractivity contribution in [1.29, 1.82) is 0 Å². The fourth-order valence-corrected chi connectivity index (χ4v) is 1.59. The molecule has 1 heterocycles. The van der Waals surface area contributed by atoms with Gasteiger partial charge in [-0.3, -0.25) is 0 Å². The molecule has 0 saturated carbocycles. The van der Waals surface area contributed by atoms with Gasteiger partial charge in [-0.15, -0.1) is 0 Å². The van der Waals surface area contributed by atoms with Crippen molar-refractivity contribution < 1.29 is 9.84 Å². The summed E-state index contributed by atoms with van der Waals surface area (Å²) in [5.41, 5.74) is 0.802. The van der Waals surface area contributed by atoms with Gasteiger partial charge in [0.25, 0.3) is 0 Å². The maximum absolute atomic E-state index is 9.86. The van der Waals surface area contributed by atoms with Gasteiger partial charge in [0.05, 0.1) is 13.7 Å². The highest BCUT2D eigenvalue weighted by atomic mass is 16.5. The molecular formula is C12H15N3O2. The van der Waals surface area contributed by atoms with Crippen LogP contribution < -0.4 is 10.1 Å². The maximum atomic E-state index is 9.86. The van der Waals surface area contributed by atoms with Gasteiger partial charge in [0.1, 0.15) is 5.82 Å². The van der Waals surface area contributed by atoms with Crippen LogP contribution in [0.2, 0.25) is 0 Å². The van der Waals surface area contributed by atoms with Crippen LogP contribution in [0.15, 0.2) is 30.6 Å². The monoisotopic (exact) mass is 233 g/mol. The second-order valence-electron chi connectivity index (χ2n) is 3.61. The van der Waals surface area contributed by atoms with Gasteiger partial charge < -0.3 is 20.1 Å². The number of aromatic hydroxyl groups is 1. The Morgan fingerprint density at radius 1 is 1.41 bits per heavy atom. The average molecular weight is 233 g/mol. The number of para-hydroxylation sites is 1. The van der Waals surface area contributed by atoms with Crippen LogP contribution in [0.25, 0.3) is 0 Å². The molecule has 0 fully saturated rings. The van der Waals surface area contributed by atoms with Crippen LogP contribution in [0.4, 0.5) is 0 Å². The van der Waals surface area contributed by atoms with Crippen LogP contribution in [0.1, 0.15) is 11.4 Å². The van der Waals surface area contributed by atoms with Gasteiger partial charge in [-0.05, 0) is 6.07 Å². The molecule has 0 amide bonds. The third-order valence-electron chi connectivity index (χ3n) is 2.47. The zero-order valence-corrected chi connectivity index (χ0v) is 9.60. The number of phenols is 1. The molecule has 3 N–H and O–H groups in total. The van der Waals surface area contributed by atoms with E-state index in [0.29, 0.717) is 18.8 Å². The predicted octanol–water partition coefficient (Wildman–Crippen LogP) is 1.41. The Morgan fingerprint density at radius 3 is 3.00 bits per heavy atom. The van der Waals surface area contributed by atoms with E-state index in [1.165, 1.54) is 7.11 Å². The molecule has 2 aromatic rings. The summed E-state index contributed by atoms with van der Waals surface area (Å²) in [5.74, 6) is 1.54. The number of H-pyrrole nitrogens is 1. The Bertz CT molecular complexity index is 469. The van der Waals surface area contributed by atoms with E-state index < -0.39 is 0 Å². The summed E-state index contributed by atoms with van der Waals surface area (Å²) >= 11 is 0. The van der Waals surface area contributed by atoms with Crippen LogP contribution in [-0.4, -0.2) is 22.2 Å². The van der Waals surface area contributed by atoms with Crippen LogP contribution in [-0.2, 0) is 13.1 Å². The lowest BCUT2D eigenvalue weighted by Gasteiger charge is -2.09. The molecule has 5 heteroatoms. The van der Waals surface area contributed by atoms with Crippen molar-refractivity contribution in [2.75, 3.05) is 7.11 Å². The molecule has 17 heavy (non-hydrogen) atoms. The number of hydrogen-bond acceptors (Lipinski definition) is 4. The summed E-state index contributed by atoms with van der Waals surface area (Å²) in [6, 6.07) is 5.43. The second-order valence-corrected chi connectivity index (χ2v) is 3.61. The number of benzene rings is 1. The lowest BCUT2D eigenvalue weighted by Crippen LogP contribution is -2.13. The summed E-state index contributed by atoms with van der Waals surface area (Å²) in [7, 11) is 1.54. The van der Waals surface area contributed by atoms with Gasteiger partial charge in [-0.2, -0.15) is 0 Å². The van der Waals surface area contributed by atoms with Crippen molar-refractivity contribution in [3.63, 3.8) is 0 Å². The number of nitrogens with one attached hydrogen (secondary N) is 2. The first-order valence-electron chi connectivity index (χ1n) is 5.35. The van der Waals surface area contributed by atoms with Crippen molar-refractivity contribution in [3.05, 3.63) is 42.0 Å². The zero-order valence-electron chi connectivity index (χ0n) is 9.60.